The second-order valence-electron chi connectivity index (χ2n) is 6.36. The van der Waals surface area contributed by atoms with E-state index < -0.39 is 0 Å². The fraction of sp³-hybridized carbons (Fsp3) is 0.421. The lowest BCUT2D eigenvalue weighted by Crippen LogP contribution is -2.32. The largest absolute Gasteiger partial charge is 0.497 e. The smallest absolute Gasteiger partial charge is 0.233 e. The summed E-state index contributed by atoms with van der Waals surface area (Å²) >= 11 is 1.31. The van der Waals surface area contributed by atoms with E-state index >= 15 is 0 Å². The van der Waals surface area contributed by atoms with E-state index in [9.17, 15) is 4.79 Å². The molecule has 1 atom stereocenters. The molecular weight excluding hydrogens is 364 g/mol. The third kappa shape index (κ3) is 4.44. The van der Waals surface area contributed by atoms with Crippen LogP contribution in [-0.2, 0) is 4.79 Å². The van der Waals surface area contributed by atoms with Crippen LogP contribution in [0.15, 0.2) is 29.4 Å². The molecule has 1 aliphatic rings. The molecule has 3 rings (SSSR count). The van der Waals surface area contributed by atoms with Crippen molar-refractivity contribution in [2.75, 3.05) is 32.3 Å². The molecule has 1 aromatic heterocycles. The van der Waals surface area contributed by atoms with Crippen LogP contribution >= 0.6 is 11.8 Å². The third-order valence-electron chi connectivity index (χ3n) is 4.55. The summed E-state index contributed by atoms with van der Waals surface area (Å²) in [5.41, 5.74) is 7.52. The molecule has 0 unspecified atom stereocenters. The van der Waals surface area contributed by atoms with Crippen LogP contribution in [-0.4, -0.2) is 47.3 Å². The number of likely N-dealkylation sites (tertiary alicyclic amines) is 1. The first-order valence-corrected chi connectivity index (χ1v) is 9.75. The van der Waals surface area contributed by atoms with Crippen LogP contribution in [0.1, 0.15) is 30.1 Å². The number of anilines is 1. The number of hydrogen-bond acceptors (Lipinski definition) is 7. The highest BCUT2D eigenvalue weighted by molar-refractivity contribution is 7.99. The Morgan fingerprint density at radius 2 is 2.11 bits per heavy atom. The van der Waals surface area contributed by atoms with Crippen molar-refractivity contribution in [2.24, 2.45) is 0 Å². The van der Waals surface area contributed by atoms with Crippen molar-refractivity contribution < 1.29 is 14.3 Å². The molecule has 0 saturated carbocycles. The van der Waals surface area contributed by atoms with Crippen LogP contribution in [0.2, 0.25) is 0 Å². The van der Waals surface area contributed by atoms with E-state index in [1.807, 2.05) is 30.0 Å². The number of thioether (sulfide) groups is 1. The maximum Gasteiger partial charge on any atom is 0.233 e. The lowest BCUT2D eigenvalue weighted by molar-refractivity contribution is -0.129. The first kappa shape index (κ1) is 19.3. The second-order valence-corrected chi connectivity index (χ2v) is 7.30. The molecule has 1 amide bonds. The van der Waals surface area contributed by atoms with Gasteiger partial charge < -0.3 is 20.1 Å². The van der Waals surface area contributed by atoms with Gasteiger partial charge in [0.2, 0.25) is 5.91 Å². The highest BCUT2D eigenvalue weighted by Crippen LogP contribution is 2.39. The van der Waals surface area contributed by atoms with Crippen LogP contribution in [0.25, 0.3) is 0 Å². The Balaban J connectivity index is 1.75. The van der Waals surface area contributed by atoms with Crippen molar-refractivity contribution in [3.8, 4) is 11.5 Å². The summed E-state index contributed by atoms with van der Waals surface area (Å²) in [6, 6.07) is 7.38. The number of amides is 1. The number of nitrogens with zero attached hydrogens (tertiary/aromatic N) is 3. The summed E-state index contributed by atoms with van der Waals surface area (Å²) in [5.74, 6) is 2.26. The van der Waals surface area contributed by atoms with Crippen LogP contribution in [0.4, 0.5) is 5.82 Å². The molecular formula is C19H24N4O3S. The molecule has 0 radical (unpaired) electrons. The van der Waals surface area contributed by atoms with Gasteiger partial charge in [-0.05, 0) is 38.0 Å². The number of rotatable bonds is 6. The zero-order valence-electron chi connectivity index (χ0n) is 15.8. The molecule has 7 nitrogen and oxygen atoms in total. The third-order valence-corrected chi connectivity index (χ3v) is 5.38. The van der Waals surface area contributed by atoms with Crippen LogP contribution in [0.5, 0.6) is 11.5 Å². The predicted molar refractivity (Wildman–Crippen MR) is 105 cm³/mol. The van der Waals surface area contributed by atoms with Gasteiger partial charge in [0.15, 0.2) is 5.16 Å². The fourth-order valence-electron chi connectivity index (χ4n) is 3.33. The minimum Gasteiger partial charge on any atom is -0.497 e. The number of nitrogen functional groups attached to an aromatic ring is 1. The summed E-state index contributed by atoms with van der Waals surface area (Å²) in [6.45, 7) is 2.58. The van der Waals surface area contributed by atoms with Crippen LogP contribution < -0.4 is 15.2 Å². The molecule has 1 aliphatic heterocycles. The number of carbonyl (C=O) groups excluding carboxylic acids is 1. The lowest BCUT2D eigenvalue weighted by Gasteiger charge is -2.26. The number of benzene rings is 1. The molecule has 2 heterocycles. The zero-order valence-corrected chi connectivity index (χ0v) is 16.6. The summed E-state index contributed by atoms with van der Waals surface area (Å²) in [4.78, 5) is 23.3. The van der Waals surface area contributed by atoms with Crippen molar-refractivity contribution in [3.05, 3.63) is 35.5 Å². The number of ether oxygens (including phenoxy) is 2. The molecule has 2 N–H and O–H groups in total. The molecule has 0 spiro atoms. The Kier molecular flexibility index (Phi) is 6.05. The monoisotopic (exact) mass is 388 g/mol. The van der Waals surface area contributed by atoms with E-state index in [-0.39, 0.29) is 17.7 Å². The van der Waals surface area contributed by atoms with Crippen molar-refractivity contribution in [3.63, 3.8) is 0 Å². The highest BCUT2D eigenvalue weighted by atomic mass is 32.2. The Labute approximate surface area is 163 Å². The Bertz CT molecular complexity index is 810. The van der Waals surface area contributed by atoms with Gasteiger partial charge in [0.1, 0.15) is 17.3 Å². The number of aromatic nitrogens is 2. The minimum absolute atomic E-state index is 0.0216. The number of nitrogens with two attached hydrogens (primary N) is 1. The first-order chi connectivity index (χ1) is 13.0. The number of carbonyl (C=O) groups is 1. The van der Waals surface area contributed by atoms with Gasteiger partial charge in [-0.25, -0.2) is 9.97 Å². The molecule has 0 bridgehead atoms. The summed E-state index contributed by atoms with van der Waals surface area (Å²) in [5, 5.41) is 0.524. The van der Waals surface area contributed by atoms with E-state index in [2.05, 4.69) is 9.97 Å². The number of hydrogen-bond donors (Lipinski definition) is 1. The SMILES string of the molecule is COc1ccc(OC)c([C@H]2CCCN2C(=O)CSc2nc(C)cc(N)n2)c1. The van der Waals surface area contributed by atoms with E-state index in [0.29, 0.717) is 11.0 Å². The van der Waals surface area contributed by atoms with Crippen LogP contribution in [0, 0.1) is 6.92 Å². The van der Waals surface area contributed by atoms with Gasteiger partial charge in [0.05, 0.1) is 26.0 Å². The molecule has 0 aliphatic carbocycles. The normalized spacial score (nSPS) is 16.4. The average molecular weight is 388 g/mol. The Morgan fingerprint density at radius 1 is 1.30 bits per heavy atom. The van der Waals surface area contributed by atoms with Gasteiger partial charge >= 0.3 is 0 Å². The van der Waals surface area contributed by atoms with Crippen molar-refractivity contribution in [1.82, 2.24) is 14.9 Å². The van der Waals surface area contributed by atoms with Crippen molar-refractivity contribution in [2.45, 2.75) is 31.0 Å². The molecule has 144 valence electrons. The van der Waals surface area contributed by atoms with E-state index in [1.165, 1.54) is 11.8 Å². The molecule has 2 aromatic rings. The van der Waals surface area contributed by atoms with Crippen molar-refractivity contribution in [1.29, 1.82) is 0 Å². The summed E-state index contributed by atoms with van der Waals surface area (Å²) < 4.78 is 10.9. The zero-order chi connectivity index (χ0) is 19.4. The maximum absolute atomic E-state index is 12.9. The van der Waals surface area contributed by atoms with Gasteiger partial charge in [0, 0.05) is 23.9 Å². The van der Waals surface area contributed by atoms with Crippen LogP contribution in [0.3, 0.4) is 0 Å². The Morgan fingerprint density at radius 3 is 2.81 bits per heavy atom. The van der Waals surface area contributed by atoms with Gasteiger partial charge in [-0.2, -0.15) is 0 Å². The standard InChI is InChI=1S/C19H24N4O3S/c1-12-9-17(20)22-19(21-12)27-11-18(24)23-8-4-5-15(23)14-10-13(25-2)6-7-16(14)26-3/h6-7,9-10,15H,4-5,8,11H2,1-3H3,(H2,20,21,22)/t15-/m1/s1. The quantitative estimate of drug-likeness (QED) is 0.601. The molecule has 1 aromatic carbocycles. The maximum atomic E-state index is 12.9. The van der Waals surface area contributed by atoms with Gasteiger partial charge in [0.25, 0.3) is 0 Å². The van der Waals surface area contributed by atoms with Gasteiger partial charge in [-0.3, -0.25) is 4.79 Å². The summed E-state index contributed by atoms with van der Waals surface area (Å²) in [7, 11) is 3.27. The second kappa shape index (κ2) is 8.47. The molecule has 1 fully saturated rings. The molecule has 1 saturated heterocycles. The predicted octanol–water partition coefficient (Wildman–Crippen LogP) is 2.84. The number of aryl methyl sites for hydroxylation is 1. The Hall–Kier alpha value is -2.48. The van der Waals surface area contributed by atoms with E-state index in [4.69, 9.17) is 15.2 Å². The topological polar surface area (TPSA) is 90.6 Å². The number of methoxy groups -OCH3 is 2. The lowest BCUT2D eigenvalue weighted by atomic mass is 10.0. The minimum atomic E-state index is -0.0216. The molecule has 8 heteroatoms. The van der Waals surface area contributed by atoms with E-state index in [0.717, 1.165) is 42.1 Å². The fourth-order valence-corrected chi connectivity index (χ4v) is 4.12. The van der Waals surface area contributed by atoms with Gasteiger partial charge in [-0.1, -0.05) is 11.8 Å². The average Bonchev–Trinajstić information content (AvgIpc) is 3.14. The van der Waals surface area contributed by atoms with E-state index in [1.54, 1.807) is 20.3 Å². The first-order valence-electron chi connectivity index (χ1n) is 8.77. The van der Waals surface area contributed by atoms with Gasteiger partial charge in [-0.15, -0.1) is 0 Å². The molecule has 27 heavy (non-hydrogen) atoms. The summed E-state index contributed by atoms with van der Waals surface area (Å²) in [6.07, 6.45) is 1.85. The highest BCUT2D eigenvalue weighted by Gasteiger charge is 2.32. The van der Waals surface area contributed by atoms with Crippen molar-refractivity contribution >= 4 is 23.5 Å².